The molecule has 0 aromatic heterocycles. The second-order valence-electron chi connectivity index (χ2n) is 4.39. The van der Waals surface area contributed by atoms with E-state index >= 15 is 0 Å². The van der Waals surface area contributed by atoms with Gasteiger partial charge in [0.15, 0.2) is 0 Å². The van der Waals surface area contributed by atoms with Crippen LogP contribution in [0.25, 0.3) is 0 Å². The van der Waals surface area contributed by atoms with Crippen molar-refractivity contribution >= 4 is 5.97 Å². The molecule has 15 heavy (non-hydrogen) atoms. The SMILES string of the molecule is CCN(CC(=O)OC)CC(C)(O)C(C)C. The number of carbonyl (C=O) groups is 1. The van der Waals surface area contributed by atoms with E-state index in [1.807, 2.05) is 25.7 Å². The van der Waals surface area contributed by atoms with Crippen molar-refractivity contribution in [3.8, 4) is 0 Å². The van der Waals surface area contributed by atoms with Gasteiger partial charge in [-0.25, -0.2) is 0 Å². The number of esters is 1. The Balaban J connectivity index is 4.26. The zero-order valence-corrected chi connectivity index (χ0v) is 10.4. The standard InChI is InChI=1S/C11H23NO3/c1-6-12(7-10(13)15-5)8-11(4,14)9(2)3/h9,14H,6-8H2,1-5H3. The Bertz CT molecular complexity index is 202. The number of aliphatic hydroxyl groups is 1. The summed E-state index contributed by atoms with van der Waals surface area (Å²) in [5, 5.41) is 10.1. The molecule has 0 aliphatic rings. The molecule has 0 saturated heterocycles. The van der Waals surface area contributed by atoms with Gasteiger partial charge in [-0.1, -0.05) is 20.8 Å². The van der Waals surface area contributed by atoms with Crippen LogP contribution in [0, 0.1) is 5.92 Å². The fourth-order valence-electron chi connectivity index (χ4n) is 1.16. The minimum atomic E-state index is -0.774. The summed E-state index contributed by atoms with van der Waals surface area (Å²) < 4.78 is 4.60. The fraction of sp³-hybridized carbons (Fsp3) is 0.909. The molecule has 4 heteroatoms. The fourth-order valence-corrected chi connectivity index (χ4v) is 1.16. The quantitative estimate of drug-likeness (QED) is 0.671. The topological polar surface area (TPSA) is 49.8 Å². The molecule has 1 atom stereocenters. The molecule has 1 unspecified atom stereocenters. The van der Waals surface area contributed by atoms with Crippen molar-refractivity contribution in [1.82, 2.24) is 4.90 Å². The first kappa shape index (κ1) is 14.4. The van der Waals surface area contributed by atoms with Gasteiger partial charge >= 0.3 is 5.97 Å². The van der Waals surface area contributed by atoms with Crippen molar-refractivity contribution in [1.29, 1.82) is 0 Å². The van der Waals surface area contributed by atoms with Gasteiger partial charge in [0.1, 0.15) is 0 Å². The van der Waals surface area contributed by atoms with Gasteiger partial charge in [0.25, 0.3) is 0 Å². The summed E-state index contributed by atoms with van der Waals surface area (Å²) in [4.78, 5) is 13.0. The summed E-state index contributed by atoms with van der Waals surface area (Å²) in [7, 11) is 1.37. The molecule has 0 aliphatic heterocycles. The summed E-state index contributed by atoms with van der Waals surface area (Å²) in [6, 6.07) is 0. The van der Waals surface area contributed by atoms with Crippen LogP contribution >= 0.6 is 0 Å². The van der Waals surface area contributed by atoms with Gasteiger partial charge in [-0.2, -0.15) is 0 Å². The molecule has 0 radical (unpaired) electrons. The first-order chi connectivity index (χ1) is 6.83. The number of rotatable bonds is 6. The normalized spacial score (nSPS) is 15.5. The summed E-state index contributed by atoms with van der Waals surface area (Å²) in [6.07, 6.45) is 0. The minimum Gasteiger partial charge on any atom is -0.468 e. The van der Waals surface area contributed by atoms with Crippen LogP contribution in [0.1, 0.15) is 27.7 Å². The Kier molecular flexibility index (Phi) is 5.83. The lowest BCUT2D eigenvalue weighted by atomic mass is 9.92. The molecule has 0 heterocycles. The van der Waals surface area contributed by atoms with Crippen molar-refractivity contribution in [2.45, 2.75) is 33.3 Å². The van der Waals surface area contributed by atoms with Gasteiger partial charge in [0.05, 0.1) is 19.3 Å². The second-order valence-corrected chi connectivity index (χ2v) is 4.39. The third-order valence-corrected chi connectivity index (χ3v) is 2.82. The Morgan fingerprint density at radius 3 is 2.40 bits per heavy atom. The number of hydrogen-bond acceptors (Lipinski definition) is 4. The zero-order chi connectivity index (χ0) is 12.1. The maximum absolute atomic E-state index is 11.1. The molecule has 0 saturated carbocycles. The van der Waals surface area contributed by atoms with E-state index in [1.165, 1.54) is 7.11 Å². The van der Waals surface area contributed by atoms with Gasteiger partial charge in [-0.05, 0) is 19.4 Å². The van der Waals surface area contributed by atoms with Crippen LogP contribution in [0.3, 0.4) is 0 Å². The highest BCUT2D eigenvalue weighted by molar-refractivity contribution is 5.71. The van der Waals surface area contributed by atoms with Crippen LogP contribution in [-0.4, -0.2) is 48.3 Å². The minimum absolute atomic E-state index is 0.157. The highest BCUT2D eigenvalue weighted by Gasteiger charge is 2.27. The van der Waals surface area contributed by atoms with Gasteiger partial charge in [0.2, 0.25) is 0 Å². The van der Waals surface area contributed by atoms with Crippen molar-refractivity contribution in [2.75, 3.05) is 26.7 Å². The molecule has 0 fully saturated rings. The number of likely N-dealkylation sites (N-methyl/N-ethyl adjacent to an activating group) is 1. The van der Waals surface area contributed by atoms with Gasteiger partial charge in [-0.3, -0.25) is 9.69 Å². The van der Waals surface area contributed by atoms with E-state index in [9.17, 15) is 9.90 Å². The number of hydrogen-bond donors (Lipinski definition) is 1. The number of carbonyl (C=O) groups excluding carboxylic acids is 1. The predicted molar refractivity (Wildman–Crippen MR) is 59.6 cm³/mol. The van der Waals surface area contributed by atoms with E-state index < -0.39 is 5.60 Å². The van der Waals surface area contributed by atoms with Crippen molar-refractivity contribution in [3.63, 3.8) is 0 Å². The van der Waals surface area contributed by atoms with Crippen LogP contribution < -0.4 is 0 Å². The van der Waals surface area contributed by atoms with E-state index in [4.69, 9.17) is 0 Å². The smallest absolute Gasteiger partial charge is 0.319 e. The van der Waals surface area contributed by atoms with Crippen LogP contribution in [0.2, 0.25) is 0 Å². The van der Waals surface area contributed by atoms with E-state index in [-0.39, 0.29) is 18.4 Å². The number of nitrogens with zero attached hydrogens (tertiary/aromatic N) is 1. The molecule has 0 rings (SSSR count). The summed E-state index contributed by atoms with van der Waals surface area (Å²) in [5.74, 6) is -0.111. The van der Waals surface area contributed by atoms with E-state index in [2.05, 4.69) is 4.74 Å². The lowest BCUT2D eigenvalue weighted by molar-refractivity contribution is -0.142. The highest BCUT2D eigenvalue weighted by atomic mass is 16.5. The Hall–Kier alpha value is -0.610. The Labute approximate surface area is 92.2 Å². The first-order valence-corrected chi connectivity index (χ1v) is 5.35. The Morgan fingerprint density at radius 1 is 1.53 bits per heavy atom. The van der Waals surface area contributed by atoms with Crippen LogP contribution in [-0.2, 0) is 9.53 Å². The molecule has 1 N–H and O–H groups in total. The highest BCUT2D eigenvalue weighted by Crippen LogP contribution is 2.17. The first-order valence-electron chi connectivity index (χ1n) is 5.35. The number of methoxy groups -OCH3 is 1. The van der Waals surface area contributed by atoms with Crippen LogP contribution in [0.4, 0.5) is 0 Å². The molecule has 0 aliphatic carbocycles. The van der Waals surface area contributed by atoms with Crippen LogP contribution in [0.5, 0.6) is 0 Å². The van der Waals surface area contributed by atoms with Gasteiger partial charge < -0.3 is 9.84 Å². The average Bonchev–Trinajstić information content (AvgIpc) is 2.15. The monoisotopic (exact) mass is 217 g/mol. The molecule has 0 aromatic rings. The van der Waals surface area contributed by atoms with Crippen molar-refractivity contribution in [3.05, 3.63) is 0 Å². The zero-order valence-electron chi connectivity index (χ0n) is 10.4. The van der Waals surface area contributed by atoms with E-state index in [0.717, 1.165) is 6.54 Å². The lowest BCUT2D eigenvalue weighted by Gasteiger charge is -2.33. The molecule has 0 spiro atoms. The molecule has 0 bridgehead atoms. The van der Waals surface area contributed by atoms with Crippen LogP contribution in [0.15, 0.2) is 0 Å². The molecule has 0 aromatic carbocycles. The summed E-state index contributed by atoms with van der Waals surface area (Å²) in [5.41, 5.74) is -0.774. The predicted octanol–water partition coefficient (Wildman–Crippen LogP) is 0.888. The molecule has 90 valence electrons. The third kappa shape index (κ3) is 5.14. The molecular formula is C11H23NO3. The van der Waals surface area contributed by atoms with E-state index in [0.29, 0.717) is 6.54 Å². The molecule has 0 amide bonds. The molecule has 4 nitrogen and oxygen atoms in total. The second kappa shape index (κ2) is 6.08. The molecular weight excluding hydrogens is 194 g/mol. The number of ether oxygens (including phenoxy) is 1. The third-order valence-electron chi connectivity index (χ3n) is 2.82. The van der Waals surface area contributed by atoms with Crippen molar-refractivity contribution in [2.24, 2.45) is 5.92 Å². The maximum atomic E-state index is 11.1. The summed E-state index contributed by atoms with van der Waals surface area (Å²) in [6.45, 7) is 9.11. The lowest BCUT2D eigenvalue weighted by Crippen LogP contribution is -2.46. The van der Waals surface area contributed by atoms with E-state index in [1.54, 1.807) is 6.92 Å². The largest absolute Gasteiger partial charge is 0.468 e. The van der Waals surface area contributed by atoms with Crippen molar-refractivity contribution < 1.29 is 14.6 Å². The maximum Gasteiger partial charge on any atom is 0.319 e. The Morgan fingerprint density at radius 2 is 2.07 bits per heavy atom. The van der Waals surface area contributed by atoms with Gasteiger partial charge in [0, 0.05) is 6.54 Å². The average molecular weight is 217 g/mol. The summed E-state index contributed by atoms with van der Waals surface area (Å²) >= 11 is 0. The van der Waals surface area contributed by atoms with Gasteiger partial charge in [-0.15, -0.1) is 0 Å².